The van der Waals surface area contributed by atoms with Crippen LogP contribution in [0.25, 0.3) is 10.9 Å². The van der Waals surface area contributed by atoms with Crippen molar-refractivity contribution in [3.05, 3.63) is 42.1 Å². The standard InChI is InChI=1S/C13H14N2O/c1-14-8-6-13(16)11-4-5-12-10(9-11)3-2-7-15-12/h2-5,7,9,14H,6,8H2,1H3. The first kappa shape index (κ1) is 10.8. The molecule has 3 heteroatoms. The molecule has 0 radical (unpaired) electrons. The minimum atomic E-state index is 0.167. The molecule has 0 saturated carbocycles. The van der Waals surface area contributed by atoms with Gasteiger partial charge in [0.15, 0.2) is 5.78 Å². The van der Waals surface area contributed by atoms with Gasteiger partial charge >= 0.3 is 0 Å². The van der Waals surface area contributed by atoms with Gasteiger partial charge in [0.2, 0.25) is 0 Å². The average Bonchev–Trinajstić information content (AvgIpc) is 2.35. The molecule has 82 valence electrons. The molecule has 0 aliphatic carbocycles. The van der Waals surface area contributed by atoms with Gasteiger partial charge in [-0.2, -0.15) is 0 Å². The second-order valence-corrected chi connectivity index (χ2v) is 3.69. The van der Waals surface area contributed by atoms with E-state index in [-0.39, 0.29) is 5.78 Å². The van der Waals surface area contributed by atoms with E-state index in [1.54, 1.807) is 6.20 Å². The largest absolute Gasteiger partial charge is 0.319 e. The molecule has 3 nitrogen and oxygen atoms in total. The first-order chi connectivity index (χ1) is 7.81. The summed E-state index contributed by atoms with van der Waals surface area (Å²) in [7, 11) is 1.84. The fourth-order valence-electron chi connectivity index (χ4n) is 1.63. The lowest BCUT2D eigenvalue weighted by Crippen LogP contribution is -2.12. The van der Waals surface area contributed by atoms with Crippen molar-refractivity contribution in [2.24, 2.45) is 0 Å². The van der Waals surface area contributed by atoms with Crippen LogP contribution in [0, 0.1) is 0 Å². The number of ketones is 1. The van der Waals surface area contributed by atoms with E-state index in [1.165, 1.54) is 0 Å². The lowest BCUT2D eigenvalue weighted by Gasteiger charge is -2.02. The van der Waals surface area contributed by atoms with Crippen molar-refractivity contribution in [1.29, 1.82) is 0 Å². The maximum atomic E-state index is 11.8. The van der Waals surface area contributed by atoms with Crippen LogP contribution in [0.5, 0.6) is 0 Å². The summed E-state index contributed by atoms with van der Waals surface area (Å²) in [5, 5.41) is 3.98. The third-order valence-electron chi connectivity index (χ3n) is 2.53. The van der Waals surface area contributed by atoms with Crippen LogP contribution in [0.3, 0.4) is 0 Å². The van der Waals surface area contributed by atoms with Gasteiger partial charge in [-0.3, -0.25) is 9.78 Å². The van der Waals surface area contributed by atoms with Crippen LogP contribution < -0.4 is 5.32 Å². The number of hydrogen-bond acceptors (Lipinski definition) is 3. The SMILES string of the molecule is CNCCC(=O)c1ccc2ncccc2c1. The van der Waals surface area contributed by atoms with Gasteiger partial charge in [0.25, 0.3) is 0 Å². The topological polar surface area (TPSA) is 42.0 Å². The van der Waals surface area contributed by atoms with Crippen LogP contribution in [0.4, 0.5) is 0 Å². The fourth-order valence-corrected chi connectivity index (χ4v) is 1.63. The molecule has 1 heterocycles. The molecule has 0 saturated heterocycles. The zero-order valence-electron chi connectivity index (χ0n) is 9.23. The number of nitrogens with one attached hydrogen (secondary N) is 1. The minimum Gasteiger partial charge on any atom is -0.319 e. The van der Waals surface area contributed by atoms with Crippen molar-refractivity contribution in [3.63, 3.8) is 0 Å². The number of aromatic nitrogens is 1. The van der Waals surface area contributed by atoms with Gasteiger partial charge in [0.1, 0.15) is 0 Å². The molecule has 1 N–H and O–H groups in total. The van der Waals surface area contributed by atoms with E-state index in [2.05, 4.69) is 10.3 Å². The summed E-state index contributed by atoms with van der Waals surface area (Å²) < 4.78 is 0. The van der Waals surface area contributed by atoms with Gasteiger partial charge in [0, 0.05) is 30.1 Å². The van der Waals surface area contributed by atoms with E-state index in [0.717, 1.165) is 16.5 Å². The number of nitrogens with zero attached hydrogens (tertiary/aromatic N) is 1. The lowest BCUT2D eigenvalue weighted by molar-refractivity contribution is 0.0983. The van der Waals surface area contributed by atoms with Crippen LogP contribution in [-0.2, 0) is 0 Å². The molecule has 2 rings (SSSR count). The van der Waals surface area contributed by atoms with Crippen molar-refractivity contribution < 1.29 is 4.79 Å². The first-order valence-electron chi connectivity index (χ1n) is 5.34. The highest BCUT2D eigenvalue weighted by molar-refractivity contribution is 5.99. The summed E-state index contributed by atoms with van der Waals surface area (Å²) in [4.78, 5) is 16.0. The summed E-state index contributed by atoms with van der Waals surface area (Å²) in [6.45, 7) is 0.712. The maximum absolute atomic E-state index is 11.8. The third-order valence-corrected chi connectivity index (χ3v) is 2.53. The maximum Gasteiger partial charge on any atom is 0.164 e. The molecule has 0 bridgehead atoms. The summed E-state index contributed by atoms with van der Waals surface area (Å²) in [5.74, 6) is 0.167. The molecule has 0 spiro atoms. The Morgan fingerprint density at radius 3 is 3.06 bits per heavy atom. The zero-order valence-corrected chi connectivity index (χ0v) is 9.23. The molecule has 1 aromatic heterocycles. The van der Waals surface area contributed by atoms with Crippen LogP contribution in [0.15, 0.2) is 36.5 Å². The first-order valence-corrected chi connectivity index (χ1v) is 5.34. The second-order valence-electron chi connectivity index (χ2n) is 3.69. The number of fused-ring (bicyclic) bond motifs is 1. The quantitative estimate of drug-likeness (QED) is 0.792. The molecular formula is C13H14N2O. The van der Waals surface area contributed by atoms with E-state index in [0.29, 0.717) is 13.0 Å². The minimum absolute atomic E-state index is 0.167. The number of carbonyl (C=O) groups excluding carboxylic acids is 1. The Hall–Kier alpha value is -1.74. The van der Waals surface area contributed by atoms with Gasteiger partial charge in [-0.15, -0.1) is 0 Å². The molecule has 0 unspecified atom stereocenters. The summed E-state index contributed by atoms with van der Waals surface area (Å²) >= 11 is 0. The van der Waals surface area contributed by atoms with Crippen molar-refractivity contribution in [1.82, 2.24) is 10.3 Å². The molecule has 0 aliphatic heterocycles. The Labute approximate surface area is 94.5 Å². The van der Waals surface area contributed by atoms with Crippen molar-refractivity contribution in [2.75, 3.05) is 13.6 Å². The number of Topliss-reactive ketones (excluding diaryl/α,β-unsaturated/α-hetero) is 1. The lowest BCUT2D eigenvalue weighted by atomic mass is 10.1. The molecule has 0 atom stereocenters. The van der Waals surface area contributed by atoms with Crippen LogP contribution in [-0.4, -0.2) is 24.4 Å². The molecule has 0 fully saturated rings. The Kier molecular flexibility index (Phi) is 3.27. The Morgan fingerprint density at radius 2 is 2.25 bits per heavy atom. The number of pyridine rings is 1. The monoisotopic (exact) mass is 214 g/mol. The molecule has 1 aromatic carbocycles. The normalized spacial score (nSPS) is 10.6. The molecule has 16 heavy (non-hydrogen) atoms. The van der Waals surface area contributed by atoms with Crippen LogP contribution >= 0.6 is 0 Å². The van der Waals surface area contributed by atoms with Gasteiger partial charge in [0.05, 0.1) is 5.52 Å². The summed E-state index contributed by atoms with van der Waals surface area (Å²) in [6, 6.07) is 9.48. The highest BCUT2D eigenvalue weighted by Crippen LogP contribution is 2.14. The van der Waals surface area contributed by atoms with Crippen LogP contribution in [0.2, 0.25) is 0 Å². The van der Waals surface area contributed by atoms with E-state index < -0.39 is 0 Å². The average molecular weight is 214 g/mol. The Morgan fingerprint density at radius 1 is 1.38 bits per heavy atom. The van der Waals surface area contributed by atoms with Gasteiger partial charge in [-0.05, 0) is 31.3 Å². The highest BCUT2D eigenvalue weighted by Gasteiger charge is 2.05. The number of carbonyl (C=O) groups is 1. The predicted octanol–water partition coefficient (Wildman–Crippen LogP) is 2.03. The predicted molar refractivity (Wildman–Crippen MR) is 64.6 cm³/mol. The second kappa shape index (κ2) is 4.86. The molecular weight excluding hydrogens is 200 g/mol. The van der Waals surface area contributed by atoms with E-state index >= 15 is 0 Å². The number of hydrogen-bond donors (Lipinski definition) is 1. The summed E-state index contributed by atoms with van der Waals surface area (Å²) in [5.41, 5.74) is 1.68. The van der Waals surface area contributed by atoms with Gasteiger partial charge < -0.3 is 5.32 Å². The molecule has 0 amide bonds. The van der Waals surface area contributed by atoms with Crippen LogP contribution in [0.1, 0.15) is 16.8 Å². The third kappa shape index (κ3) is 2.25. The summed E-state index contributed by atoms with van der Waals surface area (Å²) in [6.07, 6.45) is 2.28. The fraction of sp³-hybridized carbons (Fsp3) is 0.231. The highest BCUT2D eigenvalue weighted by atomic mass is 16.1. The number of rotatable bonds is 4. The van der Waals surface area contributed by atoms with Gasteiger partial charge in [-0.25, -0.2) is 0 Å². The van der Waals surface area contributed by atoms with E-state index in [1.807, 2.05) is 37.4 Å². The zero-order chi connectivity index (χ0) is 11.4. The van der Waals surface area contributed by atoms with E-state index in [4.69, 9.17) is 0 Å². The Balaban J connectivity index is 2.28. The molecule has 2 aromatic rings. The van der Waals surface area contributed by atoms with Gasteiger partial charge in [-0.1, -0.05) is 6.07 Å². The van der Waals surface area contributed by atoms with E-state index in [9.17, 15) is 4.79 Å². The van der Waals surface area contributed by atoms with Crippen molar-refractivity contribution >= 4 is 16.7 Å². The number of benzene rings is 1. The van der Waals surface area contributed by atoms with Crippen molar-refractivity contribution in [3.8, 4) is 0 Å². The van der Waals surface area contributed by atoms with Crippen molar-refractivity contribution in [2.45, 2.75) is 6.42 Å². The Bertz CT molecular complexity index is 508. The smallest absolute Gasteiger partial charge is 0.164 e. The molecule has 0 aliphatic rings.